The van der Waals surface area contributed by atoms with E-state index in [1.807, 2.05) is 0 Å². The van der Waals surface area contributed by atoms with Crippen molar-refractivity contribution in [2.24, 2.45) is 0 Å². The summed E-state index contributed by atoms with van der Waals surface area (Å²) >= 11 is 9.03. The van der Waals surface area contributed by atoms with Crippen LogP contribution in [0.3, 0.4) is 0 Å². The molecule has 2 aromatic rings. The lowest BCUT2D eigenvalue weighted by atomic mass is 10.2. The second kappa shape index (κ2) is 5.67. The van der Waals surface area contributed by atoms with Gasteiger partial charge in [-0.15, -0.1) is 0 Å². The number of rotatable bonds is 3. The first-order valence-corrected chi connectivity index (χ1v) is 6.37. The highest BCUT2D eigenvalue weighted by atomic mass is 79.9. The molecule has 0 aliphatic heterocycles. The van der Waals surface area contributed by atoms with Gasteiger partial charge in [0.2, 0.25) is 0 Å². The third kappa shape index (κ3) is 2.82. The Bertz CT molecular complexity index is 555. The van der Waals surface area contributed by atoms with Crippen LogP contribution in [0.1, 0.15) is 5.56 Å². The average molecular weight is 333 g/mol. The second-order valence-corrected chi connectivity index (χ2v) is 4.86. The van der Waals surface area contributed by atoms with Gasteiger partial charge in [-0.1, -0.05) is 29.8 Å². The van der Waals surface area contributed by atoms with Gasteiger partial charge in [-0.2, -0.15) is 0 Å². The minimum atomic E-state index is -0.435. The minimum Gasteiger partial charge on any atom is -0.377 e. The van der Waals surface area contributed by atoms with Crippen molar-refractivity contribution in [3.63, 3.8) is 0 Å². The lowest BCUT2D eigenvalue weighted by Gasteiger charge is -2.10. The van der Waals surface area contributed by atoms with Crippen LogP contribution in [0.2, 0.25) is 5.02 Å². The van der Waals surface area contributed by atoms with Gasteiger partial charge in [0.15, 0.2) is 0 Å². The largest absolute Gasteiger partial charge is 0.377 e. The number of para-hydroxylation sites is 1. The Morgan fingerprint density at radius 3 is 2.44 bits per heavy atom. The molecule has 0 saturated heterocycles. The summed E-state index contributed by atoms with van der Waals surface area (Å²) in [5, 5.41) is 3.16. The lowest BCUT2D eigenvalue weighted by Crippen LogP contribution is -2.03. The first kappa shape index (κ1) is 13.3. The zero-order valence-electron chi connectivity index (χ0n) is 9.18. The highest BCUT2D eigenvalue weighted by Crippen LogP contribution is 2.27. The van der Waals surface area contributed by atoms with Crippen molar-refractivity contribution < 1.29 is 8.78 Å². The van der Waals surface area contributed by atoms with Gasteiger partial charge in [0.05, 0.1) is 15.2 Å². The van der Waals surface area contributed by atoms with E-state index in [-0.39, 0.29) is 18.0 Å². The fraction of sp³-hybridized carbons (Fsp3) is 0.0769. The van der Waals surface area contributed by atoms with E-state index in [2.05, 4.69) is 21.2 Å². The van der Waals surface area contributed by atoms with Crippen molar-refractivity contribution in [2.45, 2.75) is 6.54 Å². The fourth-order valence-corrected chi connectivity index (χ4v) is 2.17. The average Bonchev–Trinajstić information content (AvgIpc) is 2.33. The Balaban J connectivity index is 2.19. The molecular formula is C13H9BrClF2N. The third-order valence-electron chi connectivity index (χ3n) is 2.45. The standard InChI is InChI=1S/C13H9BrClF2N/c14-12-8(3-1-5-10(12)16)7-18-13-9(15)4-2-6-11(13)17/h1-6,18H,7H2. The number of hydrogen-bond acceptors (Lipinski definition) is 1. The molecule has 18 heavy (non-hydrogen) atoms. The molecule has 0 saturated carbocycles. The fourth-order valence-electron chi connectivity index (χ4n) is 1.54. The normalized spacial score (nSPS) is 10.4. The van der Waals surface area contributed by atoms with Gasteiger partial charge in [0, 0.05) is 6.54 Å². The van der Waals surface area contributed by atoms with E-state index in [1.165, 1.54) is 18.2 Å². The Hall–Kier alpha value is -1.13. The van der Waals surface area contributed by atoms with E-state index in [9.17, 15) is 8.78 Å². The van der Waals surface area contributed by atoms with Gasteiger partial charge in [0.1, 0.15) is 11.6 Å². The highest BCUT2D eigenvalue weighted by molar-refractivity contribution is 9.10. The van der Waals surface area contributed by atoms with Gasteiger partial charge in [-0.3, -0.25) is 0 Å². The van der Waals surface area contributed by atoms with Crippen LogP contribution in [0.5, 0.6) is 0 Å². The maximum absolute atomic E-state index is 13.5. The van der Waals surface area contributed by atoms with Crippen molar-refractivity contribution in [3.05, 3.63) is 63.1 Å². The number of halogens is 4. The van der Waals surface area contributed by atoms with Crippen molar-refractivity contribution in [3.8, 4) is 0 Å². The SMILES string of the molecule is Fc1cccc(CNc2c(F)cccc2Cl)c1Br. The molecule has 0 bridgehead atoms. The zero-order chi connectivity index (χ0) is 13.1. The van der Waals surface area contributed by atoms with Gasteiger partial charge < -0.3 is 5.32 Å². The Kier molecular flexibility index (Phi) is 4.19. The number of hydrogen-bond donors (Lipinski definition) is 1. The molecule has 0 aliphatic carbocycles. The predicted octanol–water partition coefficient (Wildman–Crippen LogP) is 4.99. The Labute approximate surface area is 117 Å². The molecular weight excluding hydrogens is 324 g/mol. The molecule has 0 unspecified atom stereocenters. The van der Waals surface area contributed by atoms with Gasteiger partial charge >= 0.3 is 0 Å². The van der Waals surface area contributed by atoms with E-state index in [0.717, 1.165) is 0 Å². The van der Waals surface area contributed by atoms with E-state index >= 15 is 0 Å². The number of benzene rings is 2. The first-order valence-electron chi connectivity index (χ1n) is 5.20. The summed E-state index contributed by atoms with van der Waals surface area (Å²) in [5.41, 5.74) is 0.907. The molecule has 0 aromatic heterocycles. The van der Waals surface area contributed by atoms with Crippen LogP contribution in [0.25, 0.3) is 0 Å². The molecule has 1 N–H and O–H groups in total. The minimum absolute atomic E-state index is 0.218. The van der Waals surface area contributed by atoms with Crippen molar-refractivity contribution in [1.29, 1.82) is 0 Å². The van der Waals surface area contributed by atoms with Crippen LogP contribution in [0.15, 0.2) is 40.9 Å². The van der Waals surface area contributed by atoms with Gasteiger partial charge in [0.25, 0.3) is 0 Å². The van der Waals surface area contributed by atoms with E-state index in [4.69, 9.17) is 11.6 Å². The van der Waals surface area contributed by atoms with Crippen LogP contribution in [0.4, 0.5) is 14.5 Å². The molecule has 0 amide bonds. The lowest BCUT2D eigenvalue weighted by molar-refractivity contribution is 0.618. The molecule has 0 spiro atoms. The monoisotopic (exact) mass is 331 g/mol. The van der Waals surface area contributed by atoms with Crippen molar-refractivity contribution in [1.82, 2.24) is 0 Å². The molecule has 0 radical (unpaired) electrons. The van der Waals surface area contributed by atoms with Crippen molar-refractivity contribution >= 4 is 33.2 Å². The summed E-state index contributed by atoms with van der Waals surface area (Å²) in [4.78, 5) is 0. The molecule has 94 valence electrons. The zero-order valence-corrected chi connectivity index (χ0v) is 11.5. The molecule has 2 aromatic carbocycles. The molecule has 5 heteroatoms. The summed E-state index contributed by atoms with van der Waals surface area (Å²) in [6.07, 6.45) is 0. The molecule has 0 fully saturated rings. The van der Waals surface area contributed by atoms with Crippen LogP contribution in [0, 0.1) is 11.6 Å². The van der Waals surface area contributed by atoms with Gasteiger partial charge in [-0.25, -0.2) is 8.78 Å². The molecule has 0 aliphatic rings. The maximum Gasteiger partial charge on any atom is 0.147 e. The molecule has 2 rings (SSSR count). The summed E-state index contributed by atoms with van der Waals surface area (Å²) in [6, 6.07) is 9.13. The first-order chi connectivity index (χ1) is 8.59. The summed E-state index contributed by atoms with van der Waals surface area (Å²) < 4.78 is 27.2. The van der Waals surface area contributed by atoms with Crippen LogP contribution < -0.4 is 5.32 Å². The highest BCUT2D eigenvalue weighted by Gasteiger charge is 2.08. The topological polar surface area (TPSA) is 12.0 Å². The molecule has 0 heterocycles. The Morgan fingerprint density at radius 2 is 1.72 bits per heavy atom. The van der Waals surface area contributed by atoms with E-state index < -0.39 is 5.82 Å². The molecule has 1 nitrogen and oxygen atoms in total. The third-order valence-corrected chi connectivity index (χ3v) is 3.65. The molecule has 0 atom stereocenters. The van der Waals surface area contributed by atoms with Crippen molar-refractivity contribution in [2.75, 3.05) is 5.32 Å². The van der Waals surface area contributed by atoms with Gasteiger partial charge in [-0.05, 0) is 39.7 Å². The Morgan fingerprint density at radius 1 is 1.06 bits per heavy atom. The van der Waals surface area contributed by atoms with E-state index in [0.29, 0.717) is 15.1 Å². The maximum atomic E-state index is 13.5. The summed E-state index contributed by atoms with van der Waals surface area (Å²) in [5.74, 6) is -0.788. The quantitative estimate of drug-likeness (QED) is 0.834. The number of anilines is 1. The summed E-state index contributed by atoms with van der Waals surface area (Å²) in [6.45, 7) is 0.277. The number of nitrogens with one attached hydrogen (secondary N) is 1. The van der Waals surface area contributed by atoms with Crippen LogP contribution in [-0.4, -0.2) is 0 Å². The second-order valence-electron chi connectivity index (χ2n) is 3.66. The van der Waals surface area contributed by atoms with Crippen LogP contribution >= 0.6 is 27.5 Å². The van der Waals surface area contributed by atoms with Crippen LogP contribution in [-0.2, 0) is 6.54 Å². The summed E-state index contributed by atoms with van der Waals surface area (Å²) in [7, 11) is 0. The predicted molar refractivity (Wildman–Crippen MR) is 72.8 cm³/mol. The van der Waals surface area contributed by atoms with E-state index in [1.54, 1.807) is 18.2 Å². The smallest absolute Gasteiger partial charge is 0.147 e.